The van der Waals surface area contributed by atoms with E-state index in [1.165, 1.54) is 13.8 Å². The van der Waals surface area contributed by atoms with Crippen LogP contribution in [0.4, 0.5) is 0 Å². The molecule has 0 radical (unpaired) electrons. The predicted molar refractivity (Wildman–Crippen MR) is 70.8 cm³/mol. The molecule has 0 aromatic rings. The van der Waals surface area contributed by atoms with Crippen LogP contribution in [-0.4, -0.2) is 47.3 Å². The van der Waals surface area contributed by atoms with Gasteiger partial charge in [0.05, 0.1) is 0 Å². The summed E-state index contributed by atoms with van der Waals surface area (Å²) < 4.78 is 0. The molecule has 0 saturated heterocycles. The van der Waals surface area contributed by atoms with Crippen LogP contribution in [0, 0.1) is 0 Å². The van der Waals surface area contributed by atoms with Crippen LogP contribution < -0.4 is 10.6 Å². The zero-order chi connectivity index (χ0) is 11.1. The molecule has 0 rings (SSSR count). The highest BCUT2D eigenvalue weighted by Crippen LogP contribution is 1.81. The normalized spacial score (nSPS) is 12.9. The van der Waals surface area contributed by atoms with Gasteiger partial charge < -0.3 is 20.8 Å². The van der Waals surface area contributed by atoms with Crippen molar-refractivity contribution in [3.63, 3.8) is 0 Å². The second-order valence-corrected chi connectivity index (χ2v) is 3.03. The number of aliphatic carboxylic acids is 2. The van der Waals surface area contributed by atoms with E-state index >= 15 is 0 Å². The second kappa shape index (κ2) is 11.3. The lowest BCUT2D eigenvalue weighted by atomic mass is 10.3. The summed E-state index contributed by atoms with van der Waals surface area (Å²) in [5.74, 6) is -1.84. The maximum absolute atomic E-state index is 10.4. The standard InChI is InChI=1S/C8H16N2O4.2BrH/c1-5(7(11)12)9-3-4-10-6(2)8(13)14;;/h5-6,9-10H,3-4H2,1-2H3,(H,11,12)(H,13,14);2*1H. The van der Waals surface area contributed by atoms with Crippen LogP contribution in [0.1, 0.15) is 13.8 Å². The molecule has 2 atom stereocenters. The number of carbonyl (C=O) groups is 2. The summed E-state index contributed by atoms with van der Waals surface area (Å²) in [6, 6.07) is -1.23. The molecule has 4 N–H and O–H groups in total. The van der Waals surface area contributed by atoms with Crippen LogP contribution in [0.5, 0.6) is 0 Å². The van der Waals surface area contributed by atoms with Gasteiger partial charge in [-0.3, -0.25) is 9.59 Å². The van der Waals surface area contributed by atoms with Gasteiger partial charge in [-0.15, -0.1) is 34.0 Å². The third-order valence-corrected chi connectivity index (χ3v) is 1.77. The van der Waals surface area contributed by atoms with Crippen molar-refractivity contribution in [2.45, 2.75) is 25.9 Å². The molecule has 16 heavy (non-hydrogen) atoms. The molecule has 0 heterocycles. The van der Waals surface area contributed by atoms with Gasteiger partial charge in [-0.1, -0.05) is 0 Å². The third-order valence-electron chi connectivity index (χ3n) is 1.77. The van der Waals surface area contributed by atoms with Crippen LogP contribution >= 0.6 is 34.0 Å². The first-order chi connectivity index (χ1) is 6.45. The summed E-state index contributed by atoms with van der Waals surface area (Å²) in [6.07, 6.45) is 0. The average molecular weight is 366 g/mol. The maximum Gasteiger partial charge on any atom is 0.320 e. The number of carboxylic acid groups (broad SMARTS) is 2. The molecule has 0 aromatic heterocycles. The van der Waals surface area contributed by atoms with Crippen LogP contribution in [0.2, 0.25) is 0 Å². The Labute approximate surface area is 115 Å². The van der Waals surface area contributed by atoms with Crippen molar-refractivity contribution in [2.24, 2.45) is 0 Å². The van der Waals surface area contributed by atoms with Crippen LogP contribution in [0.25, 0.3) is 0 Å². The zero-order valence-electron chi connectivity index (χ0n) is 9.10. The molecule has 0 aliphatic heterocycles. The van der Waals surface area contributed by atoms with Crippen molar-refractivity contribution in [3.05, 3.63) is 0 Å². The van der Waals surface area contributed by atoms with Crippen molar-refractivity contribution < 1.29 is 19.8 Å². The Kier molecular flexibility index (Phi) is 14.9. The van der Waals surface area contributed by atoms with Crippen molar-refractivity contribution in [3.8, 4) is 0 Å². The van der Waals surface area contributed by atoms with Gasteiger partial charge in [0.2, 0.25) is 0 Å². The Morgan fingerprint density at radius 3 is 1.38 bits per heavy atom. The van der Waals surface area contributed by atoms with E-state index < -0.39 is 24.0 Å². The van der Waals surface area contributed by atoms with E-state index in [0.717, 1.165) is 0 Å². The van der Waals surface area contributed by atoms with Gasteiger partial charge >= 0.3 is 11.9 Å². The van der Waals surface area contributed by atoms with Crippen molar-refractivity contribution in [1.82, 2.24) is 10.6 Å². The molecular weight excluding hydrogens is 348 g/mol. The van der Waals surface area contributed by atoms with E-state index in [0.29, 0.717) is 13.1 Å². The van der Waals surface area contributed by atoms with E-state index in [4.69, 9.17) is 10.2 Å². The lowest BCUT2D eigenvalue weighted by Crippen LogP contribution is -2.42. The highest BCUT2D eigenvalue weighted by molar-refractivity contribution is 8.93. The van der Waals surface area contributed by atoms with Gasteiger partial charge in [0.15, 0.2) is 0 Å². The fraction of sp³-hybridized carbons (Fsp3) is 0.750. The summed E-state index contributed by atoms with van der Waals surface area (Å²) in [4.78, 5) is 20.7. The molecule has 0 fully saturated rings. The van der Waals surface area contributed by atoms with Gasteiger partial charge in [0.1, 0.15) is 12.1 Å². The number of halogens is 2. The summed E-state index contributed by atoms with van der Waals surface area (Å²) in [6.45, 7) is 3.90. The Bertz CT molecular complexity index is 194. The van der Waals surface area contributed by atoms with Crippen molar-refractivity contribution >= 4 is 45.9 Å². The molecule has 8 heteroatoms. The highest BCUT2D eigenvalue weighted by Gasteiger charge is 2.11. The van der Waals surface area contributed by atoms with Crippen LogP contribution in [0.15, 0.2) is 0 Å². The molecule has 0 amide bonds. The zero-order valence-corrected chi connectivity index (χ0v) is 12.5. The minimum atomic E-state index is -0.920. The Morgan fingerprint density at radius 1 is 0.938 bits per heavy atom. The molecule has 0 saturated carbocycles. The van der Waals surface area contributed by atoms with Gasteiger partial charge in [-0.25, -0.2) is 0 Å². The summed E-state index contributed by atoms with van der Waals surface area (Å²) >= 11 is 0. The SMILES string of the molecule is Br.Br.CC(NCCNC(C)C(=O)O)C(=O)O. The molecular formula is C8H18Br2N2O4. The van der Waals surface area contributed by atoms with Crippen LogP contribution in [0.3, 0.4) is 0 Å². The van der Waals surface area contributed by atoms with E-state index in [1.807, 2.05) is 0 Å². The van der Waals surface area contributed by atoms with Gasteiger partial charge in [0.25, 0.3) is 0 Å². The van der Waals surface area contributed by atoms with E-state index in [2.05, 4.69) is 10.6 Å². The molecule has 6 nitrogen and oxygen atoms in total. The van der Waals surface area contributed by atoms with Crippen molar-refractivity contribution in [1.29, 1.82) is 0 Å². The number of nitrogens with one attached hydrogen (secondary N) is 2. The lowest BCUT2D eigenvalue weighted by molar-refractivity contribution is -0.140. The van der Waals surface area contributed by atoms with Gasteiger partial charge in [-0.05, 0) is 13.8 Å². The molecule has 0 aromatic carbocycles. The smallest absolute Gasteiger partial charge is 0.320 e. The second-order valence-electron chi connectivity index (χ2n) is 3.03. The fourth-order valence-electron chi connectivity index (χ4n) is 0.752. The van der Waals surface area contributed by atoms with Gasteiger partial charge in [-0.2, -0.15) is 0 Å². The van der Waals surface area contributed by atoms with E-state index in [-0.39, 0.29) is 34.0 Å². The first-order valence-corrected chi connectivity index (χ1v) is 4.37. The van der Waals surface area contributed by atoms with Crippen molar-refractivity contribution in [2.75, 3.05) is 13.1 Å². The topological polar surface area (TPSA) is 98.7 Å². The number of hydrogen-bond donors (Lipinski definition) is 4. The molecule has 0 spiro atoms. The summed E-state index contributed by atoms with van der Waals surface area (Å²) in [7, 11) is 0. The number of hydrogen-bond acceptors (Lipinski definition) is 4. The first-order valence-electron chi connectivity index (χ1n) is 4.37. The largest absolute Gasteiger partial charge is 0.480 e. The molecule has 0 aliphatic carbocycles. The minimum absolute atomic E-state index is 0. The predicted octanol–water partition coefficient (Wildman–Crippen LogP) is 0.268. The highest BCUT2D eigenvalue weighted by atomic mass is 79.9. The molecule has 0 aliphatic rings. The number of carboxylic acids is 2. The average Bonchev–Trinajstić information content (AvgIpc) is 2.11. The Hall–Kier alpha value is -0.180. The molecule has 98 valence electrons. The molecule has 0 bridgehead atoms. The van der Waals surface area contributed by atoms with Gasteiger partial charge in [0, 0.05) is 13.1 Å². The first kappa shape index (κ1) is 21.1. The third kappa shape index (κ3) is 10.3. The Morgan fingerprint density at radius 2 is 1.19 bits per heavy atom. The lowest BCUT2D eigenvalue weighted by Gasteiger charge is -2.11. The maximum atomic E-state index is 10.4. The summed E-state index contributed by atoms with van der Waals surface area (Å²) in [5, 5.41) is 22.4. The Balaban J connectivity index is -0.000000845. The quantitative estimate of drug-likeness (QED) is 0.483. The van der Waals surface area contributed by atoms with E-state index in [1.54, 1.807) is 0 Å². The monoisotopic (exact) mass is 364 g/mol. The molecule has 2 unspecified atom stereocenters. The van der Waals surface area contributed by atoms with Crippen LogP contribution in [-0.2, 0) is 9.59 Å². The summed E-state index contributed by atoms with van der Waals surface area (Å²) in [5.41, 5.74) is 0. The van der Waals surface area contributed by atoms with E-state index in [9.17, 15) is 9.59 Å². The fourth-order valence-corrected chi connectivity index (χ4v) is 0.752. The number of rotatable bonds is 7. The minimum Gasteiger partial charge on any atom is -0.480 e.